The van der Waals surface area contributed by atoms with Crippen molar-refractivity contribution in [1.82, 2.24) is 5.32 Å². The highest BCUT2D eigenvalue weighted by atomic mass is 32.1. The molecule has 1 aromatic carbocycles. The molecule has 0 aliphatic carbocycles. The fourth-order valence-electron chi connectivity index (χ4n) is 2.11. The minimum atomic E-state index is 0.141. The van der Waals surface area contributed by atoms with E-state index in [1.165, 1.54) is 10.4 Å². The first-order valence-corrected chi connectivity index (χ1v) is 8.17. The molecule has 108 valence electrons. The Morgan fingerprint density at radius 2 is 2.00 bits per heavy atom. The van der Waals surface area contributed by atoms with Gasteiger partial charge in [0.15, 0.2) is 0 Å². The summed E-state index contributed by atoms with van der Waals surface area (Å²) in [7, 11) is 0. The zero-order chi connectivity index (χ0) is 14.0. The summed E-state index contributed by atoms with van der Waals surface area (Å²) in [5, 5.41) is 5.57. The highest BCUT2D eigenvalue weighted by Crippen LogP contribution is 2.17. The molecular formula is C17H23NOS. The Morgan fingerprint density at radius 1 is 1.15 bits per heavy atom. The van der Waals surface area contributed by atoms with Gasteiger partial charge in [-0.2, -0.15) is 0 Å². The van der Waals surface area contributed by atoms with Crippen LogP contribution in [0.5, 0.6) is 0 Å². The Bertz CT molecular complexity index is 455. The second-order valence-corrected chi connectivity index (χ2v) is 5.84. The number of hydrogen-bond acceptors (Lipinski definition) is 3. The molecule has 0 fully saturated rings. The minimum absolute atomic E-state index is 0.141. The standard InChI is InChI=1S/C17H23NOS/c1-2-11-18-14-17(15-7-4-3-5-8-15)19-12-10-16-9-6-13-20-16/h3-9,13,17-18H,2,10-12,14H2,1H3. The summed E-state index contributed by atoms with van der Waals surface area (Å²) in [6.45, 7) is 4.87. The lowest BCUT2D eigenvalue weighted by atomic mass is 10.1. The molecular weight excluding hydrogens is 266 g/mol. The van der Waals surface area contributed by atoms with Gasteiger partial charge in [-0.1, -0.05) is 43.3 Å². The summed E-state index contributed by atoms with van der Waals surface area (Å²) in [6, 6.07) is 14.7. The van der Waals surface area contributed by atoms with E-state index in [9.17, 15) is 0 Å². The summed E-state index contributed by atoms with van der Waals surface area (Å²) < 4.78 is 6.09. The van der Waals surface area contributed by atoms with E-state index in [0.29, 0.717) is 0 Å². The number of rotatable bonds is 9. The van der Waals surface area contributed by atoms with Crippen LogP contribution < -0.4 is 5.32 Å². The van der Waals surface area contributed by atoms with Crippen molar-refractivity contribution in [3.05, 3.63) is 58.3 Å². The fourth-order valence-corrected chi connectivity index (χ4v) is 2.80. The number of thiophene rings is 1. The van der Waals surface area contributed by atoms with Crippen LogP contribution in [0.3, 0.4) is 0 Å². The molecule has 1 N–H and O–H groups in total. The van der Waals surface area contributed by atoms with E-state index in [2.05, 4.69) is 54.0 Å². The van der Waals surface area contributed by atoms with Gasteiger partial charge in [0.05, 0.1) is 12.7 Å². The van der Waals surface area contributed by atoms with Gasteiger partial charge in [0.25, 0.3) is 0 Å². The van der Waals surface area contributed by atoms with Crippen LogP contribution in [-0.2, 0) is 11.2 Å². The fraction of sp³-hybridized carbons (Fsp3) is 0.412. The molecule has 0 saturated heterocycles. The third-order valence-electron chi connectivity index (χ3n) is 3.18. The van der Waals surface area contributed by atoms with Crippen molar-refractivity contribution in [3.63, 3.8) is 0 Å². The molecule has 0 aliphatic heterocycles. The zero-order valence-corrected chi connectivity index (χ0v) is 12.9. The predicted octanol–water partition coefficient (Wildman–Crippen LogP) is 4.05. The van der Waals surface area contributed by atoms with E-state index in [1.54, 1.807) is 11.3 Å². The second kappa shape index (κ2) is 8.90. The summed E-state index contributed by atoms with van der Waals surface area (Å²) in [5.74, 6) is 0. The largest absolute Gasteiger partial charge is 0.372 e. The molecule has 0 radical (unpaired) electrons. The van der Waals surface area contributed by atoms with E-state index >= 15 is 0 Å². The van der Waals surface area contributed by atoms with Gasteiger partial charge in [-0.3, -0.25) is 0 Å². The lowest BCUT2D eigenvalue weighted by Gasteiger charge is -2.19. The third-order valence-corrected chi connectivity index (χ3v) is 4.11. The van der Waals surface area contributed by atoms with Crippen molar-refractivity contribution in [3.8, 4) is 0 Å². The van der Waals surface area contributed by atoms with E-state index < -0.39 is 0 Å². The normalized spacial score (nSPS) is 12.4. The SMILES string of the molecule is CCCNCC(OCCc1cccs1)c1ccccc1. The van der Waals surface area contributed by atoms with Crippen molar-refractivity contribution in [2.24, 2.45) is 0 Å². The van der Waals surface area contributed by atoms with Gasteiger partial charge >= 0.3 is 0 Å². The Labute approximate surface area is 125 Å². The summed E-state index contributed by atoms with van der Waals surface area (Å²) in [5.41, 5.74) is 1.25. The number of benzene rings is 1. The molecule has 20 heavy (non-hydrogen) atoms. The first-order chi connectivity index (χ1) is 9.90. The van der Waals surface area contributed by atoms with Gasteiger partial charge in [-0.15, -0.1) is 11.3 Å². The van der Waals surface area contributed by atoms with Gasteiger partial charge in [0.2, 0.25) is 0 Å². The summed E-state index contributed by atoms with van der Waals surface area (Å²) in [4.78, 5) is 1.39. The number of hydrogen-bond donors (Lipinski definition) is 1. The van der Waals surface area contributed by atoms with Crippen LogP contribution in [0.4, 0.5) is 0 Å². The van der Waals surface area contributed by atoms with Crippen molar-refractivity contribution in [1.29, 1.82) is 0 Å². The monoisotopic (exact) mass is 289 g/mol. The topological polar surface area (TPSA) is 21.3 Å². The second-order valence-electron chi connectivity index (χ2n) is 4.80. The van der Waals surface area contributed by atoms with Crippen molar-refractivity contribution < 1.29 is 4.74 Å². The third kappa shape index (κ3) is 5.08. The molecule has 2 nitrogen and oxygen atoms in total. The molecule has 1 aromatic heterocycles. The average Bonchev–Trinajstić information content (AvgIpc) is 3.00. The van der Waals surface area contributed by atoms with Crippen LogP contribution in [0.1, 0.15) is 29.9 Å². The quantitative estimate of drug-likeness (QED) is 0.703. The lowest BCUT2D eigenvalue weighted by molar-refractivity contribution is 0.0551. The first kappa shape index (κ1) is 15.2. The Balaban J connectivity index is 1.85. The molecule has 1 heterocycles. The van der Waals surface area contributed by atoms with E-state index in [0.717, 1.165) is 32.5 Å². The van der Waals surface area contributed by atoms with Gasteiger partial charge in [-0.25, -0.2) is 0 Å². The highest BCUT2D eigenvalue weighted by Gasteiger charge is 2.11. The Kier molecular flexibility index (Phi) is 6.78. The summed E-state index contributed by atoms with van der Waals surface area (Å²) in [6.07, 6.45) is 2.29. The van der Waals surface area contributed by atoms with Crippen LogP contribution >= 0.6 is 11.3 Å². The van der Waals surface area contributed by atoms with Gasteiger partial charge in [-0.05, 0) is 30.0 Å². The highest BCUT2D eigenvalue weighted by molar-refractivity contribution is 7.09. The van der Waals surface area contributed by atoms with Crippen molar-refractivity contribution in [2.45, 2.75) is 25.9 Å². The van der Waals surface area contributed by atoms with Crippen molar-refractivity contribution >= 4 is 11.3 Å². The maximum atomic E-state index is 6.09. The molecule has 1 atom stereocenters. The van der Waals surface area contributed by atoms with E-state index in [1.807, 2.05) is 6.07 Å². The van der Waals surface area contributed by atoms with Crippen LogP contribution in [0.2, 0.25) is 0 Å². The predicted molar refractivity (Wildman–Crippen MR) is 86.3 cm³/mol. The first-order valence-electron chi connectivity index (χ1n) is 7.29. The van der Waals surface area contributed by atoms with Gasteiger partial charge in [0.1, 0.15) is 0 Å². The molecule has 0 bridgehead atoms. The number of ether oxygens (including phenoxy) is 1. The minimum Gasteiger partial charge on any atom is -0.372 e. The molecule has 0 amide bonds. The van der Waals surface area contributed by atoms with Crippen LogP contribution in [0.15, 0.2) is 47.8 Å². The molecule has 3 heteroatoms. The van der Waals surface area contributed by atoms with Crippen LogP contribution in [0, 0.1) is 0 Å². The van der Waals surface area contributed by atoms with Crippen LogP contribution in [0.25, 0.3) is 0 Å². The maximum Gasteiger partial charge on any atom is 0.0949 e. The van der Waals surface area contributed by atoms with Crippen molar-refractivity contribution in [2.75, 3.05) is 19.7 Å². The number of nitrogens with one attached hydrogen (secondary N) is 1. The lowest BCUT2D eigenvalue weighted by Crippen LogP contribution is -2.24. The Hall–Kier alpha value is -1.16. The summed E-state index contributed by atoms with van der Waals surface area (Å²) >= 11 is 1.80. The van der Waals surface area contributed by atoms with E-state index in [4.69, 9.17) is 4.74 Å². The molecule has 0 saturated carbocycles. The maximum absolute atomic E-state index is 6.09. The van der Waals surface area contributed by atoms with Gasteiger partial charge < -0.3 is 10.1 Å². The molecule has 1 unspecified atom stereocenters. The molecule has 0 spiro atoms. The van der Waals surface area contributed by atoms with Crippen LogP contribution in [-0.4, -0.2) is 19.7 Å². The smallest absolute Gasteiger partial charge is 0.0949 e. The molecule has 2 rings (SSSR count). The Morgan fingerprint density at radius 3 is 2.70 bits per heavy atom. The zero-order valence-electron chi connectivity index (χ0n) is 12.0. The van der Waals surface area contributed by atoms with E-state index in [-0.39, 0.29) is 6.10 Å². The molecule has 0 aliphatic rings. The van der Waals surface area contributed by atoms with Gasteiger partial charge in [0, 0.05) is 17.8 Å². The molecule has 2 aromatic rings. The average molecular weight is 289 g/mol.